The third-order valence-electron chi connectivity index (χ3n) is 8.56. The van der Waals surface area contributed by atoms with E-state index in [0.29, 0.717) is 12.3 Å². The van der Waals surface area contributed by atoms with Crippen LogP contribution in [0, 0.1) is 33.6 Å². The third kappa shape index (κ3) is 8.72. The number of ether oxygens (including phenoxy) is 1. The van der Waals surface area contributed by atoms with Crippen LogP contribution in [0.5, 0.6) is 0 Å². The lowest BCUT2D eigenvalue weighted by Gasteiger charge is -2.25. The minimum absolute atomic E-state index is 0.128. The molecular formula is C39H42O5. The fourth-order valence-corrected chi connectivity index (χ4v) is 5.73. The van der Waals surface area contributed by atoms with Crippen LogP contribution in [0.1, 0.15) is 92.9 Å². The van der Waals surface area contributed by atoms with Crippen LogP contribution in [-0.4, -0.2) is 25.0 Å². The predicted octanol–water partition coefficient (Wildman–Crippen LogP) is 8.46. The van der Waals surface area contributed by atoms with Crippen LogP contribution in [0.3, 0.4) is 0 Å². The number of aryl methyl sites for hydroxylation is 4. The molecule has 5 heteroatoms. The van der Waals surface area contributed by atoms with Gasteiger partial charge in [0.15, 0.2) is 5.78 Å². The minimum Gasteiger partial charge on any atom is -0.469 e. The molecule has 0 saturated heterocycles. The molecule has 5 rings (SSSR count). The van der Waals surface area contributed by atoms with Crippen molar-refractivity contribution in [1.82, 2.24) is 0 Å². The first-order chi connectivity index (χ1) is 21.1. The first kappa shape index (κ1) is 33.9. The zero-order chi connectivity index (χ0) is 32.2. The van der Waals surface area contributed by atoms with E-state index in [4.69, 9.17) is 14.3 Å². The summed E-state index contributed by atoms with van der Waals surface area (Å²) >= 11 is 0. The maximum atomic E-state index is 12.0. The monoisotopic (exact) mass is 590 g/mol. The van der Waals surface area contributed by atoms with Crippen molar-refractivity contribution in [2.75, 3.05) is 7.11 Å². The molecule has 0 fully saturated rings. The number of hydrogen-bond donors (Lipinski definition) is 0. The van der Waals surface area contributed by atoms with E-state index in [1.165, 1.54) is 51.6 Å². The van der Waals surface area contributed by atoms with Gasteiger partial charge in [-0.2, -0.15) is 9.59 Å². The van der Waals surface area contributed by atoms with Gasteiger partial charge in [0.05, 0.1) is 13.0 Å². The highest BCUT2D eigenvalue weighted by Gasteiger charge is 2.26. The molecule has 3 atom stereocenters. The summed E-state index contributed by atoms with van der Waals surface area (Å²) in [6, 6.07) is 31.7. The van der Waals surface area contributed by atoms with E-state index in [2.05, 4.69) is 82.3 Å². The molecule has 0 amide bonds. The molecular weight excluding hydrogens is 548 g/mol. The molecule has 0 spiro atoms. The average Bonchev–Trinajstić information content (AvgIpc) is 3.03. The second-order valence-electron chi connectivity index (χ2n) is 11.5. The fraction of sp³-hybridized carbons (Fsp3) is 0.308. The van der Waals surface area contributed by atoms with E-state index >= 15 is 0 Å². The molecule has 0 heterocycles. The van der Waals surface area contributed by atoms with Crippen LogP contribution in [0.25, 0.3) is 0 Å². The van der Waals surface area contributed by atoms with Crippen LogP contribution in [0.2, 0.25) is 0 Å². The van der Waals surface area contributed by atoms with Crippen molar-refractivity contribution in [2.45, 2.75) is 65.7 Å². The zero-order valence-corrected chi connectivity index (χ0v) is 26.6. The van der Waals surface area contributed by atoms with Crippen LogP contribution >= 0.6 is 0 Å². The Morgan fingerprint density at radius 2 is 1.39 bits per heavy atom. The highest BCUT2D eigenvalue weighted by Crippen LogP contribution is 2.37. The highest BCUT2D eigenvalue weighted by molar-refractivity contribution is 5.99. The van der Waals surface area contributed by atoms with Crippen molar-refractivity contribution in [2.24, 2.45) is 5.92 Å². The zero-order valence-electron chi connectivity index (χ0n) is 26.6. The Bertz CT molecular complexity index is 1600. The van der Waals surface area contributed by atoms with Gasteiger partial charge in [-0.15, -0.1) is 0 Å². The van der Waals surface area contributed by atoms with Crippen molar-refractivity contribution < 1.29 is 23.9 Å². The van der Waals surface area contributed by atoms with Crippen molar-refractivity contribution >= 4 is 17.9 Å². The Hall–Kier alpha value is -4.60. The number of hydrogen-bond acceptors (Lipinski definition) is 5. The summed E-state index contributed by atoms with van der Waals surface area (Å²) < 4.78 is 4.89. The van der Waals surface area contributed by atoms with E-state index in [-0.39, 0.29) is 29.7 Å². The molecule has 4 aromatic carbocycles. The van der Waals surface area contributed by atoms with Crippen molar-refractivity contribution in [3.05, 3.63) is 141 Å². The van der Waals surface area contributed by atoms with Gasteiger partial charge in [0.1, 0.15) is 0 Å². The van der Waals surface area contributed by atoms with E-state index in [9.17, 15) is 9.59 Å². The summed E-state index contributed by atoms with van der Waals surface area (Å²) in [5.74, 6) is 0.583. The summed E-state index contributed by atoms with van der Waals surface area (Å²) in [5.41, 5.74) is 11.2. The van der Waals surface area contributed by atoms with Gasteiger partial charge >= 0.3 is 12.1 Å². The SMILES string of the molecule is COC(=O)C(C)C[C@H](c1ccccc1)c1ccc(C)c(C)c1.Cc1ccc([C@@H]2CCC(=O)c3ccccc32)cc1C.O=C=O. The van der Waals surface area contributed by atoms with Crippen LogP contribution in [-0.2, 0) is 19.1 Å². The second-order valence-corrected chi connectivity index (χ2v) is 11.5. The van der Waals surface area contributed by atoms with Gasteiger partial charge in [0.25, 0.3) is 0 Å². The number of rotatable bonds is 6. The Morgan fingerprint density at radius 1 is 0.795 bits per heavy atom. The number of methoxy groups -OCH3 is 1. The molecule has 0 radical (unpaired) electrons. The van der Waals surface area contributed by atoms with Crippen molar-refractivity contribution in [3.8, 4) is 0 Å². The van der Waals surface area contributed by atoms with Gasteiger partial charge in [-0.25, -0.2) is 0 Å². The Balaban J connectivity index is 0.000000222. The number of Topliss-reactive ketones (excluding diaryl/α,β-unsaturated/α-hetero) is 1. The van der Waals surface area contributed by atoms with E-state index in [1.54, 1.807) is 0 Å². The lowest BCUT2D eigenvalue weighted by molar-refractivity contribution is -0.191. The largest absolute Gasteiger partial charge is 0.469 e. The molecule has 1 unspecified atom stereocenters. The molecule has 228 valence electrons. The summed E-state index contributed by atoms with van der Waals surface area (Å²) in [4.78, 5) is 40.0. The number of carbonyl (C=O) groups is 2. The number of benzene rings is 4. The Kier molecular flexibility index (Phi) is 12.6. The normalized spacial score (nSPS) is 14.8. The van der Waals surface area contributed by atoms with E-state index in [1.807, 2.05) is 43.3 Å². The maximum Gasteiger partial charge on any atom is 0.373 e. The van der Waals surface area contributed by atoms with E-state index < -0.39 is 0 Å². The Labute approximate surface area is 261 Å². The van der Waals surface area contributed by atoms with Crippen LogP contribution in [0.4, 0.5) is 0 Å². The standard InChI is InChI=1S/C20H24O2.C18H18O.CO2/c1-14-10-11-18(12-15(14)2)19(13-16(3)20(21)22-4)17-8-6-5-7-9-17;1-12-7-8-14(11-13(12)2)15-9-10-18(19)17-6-4-3-5-16(15)17;2-1-3/h5-12,16,19H,13H2,1-4H3;3-8,11,15H,9-10H2,1-2H3;/t16?,19-;15-;/m10./s1. The lowest BCUT2D eigenvalue weighted by Crippen LogP contribution is -2.17. The van der Waals surface area contributed by atoms with Crippen LogP contribution in [0.15, 0.2) is 91.0 Å². The molecule has 4 aromatic rings. The number of carbonyl (C=O) groups excluding carboxylic acids is 4. The number of ketones is 1. The van der Waals surface area contributed by atoms with Gasteiger partial charge < -0.3 is 4.74 Å². The van der Waals surface area contributed by atoms with Gasteiger partial charge in [-0.05, 0) is 85.0 Å². The summed E-state index contributed by atoms with van der Waals surface area (Å²) in [6.07, 6.45) is 2.59. The van der Waals surface area contributed by atoms with Crippen LogP contribution < -0.4 is 0 Å². The molecule has 44 heavy (non-hydrogen) atoms. The quantitative estimate of drug-likeness (QED) is 0.211. The minimum atomic E-state index is -0.148. The number of fused-ring (bicyclic) bond motifs is 1. The highest BCUT2D eigenvalue weighted by atomic mass is 16.5. The molecule has 0 bridgehead atoms. The molecule has 0 N–H and O–H groups in total. The molecule has 1 aliphatic rings. The van der Waals surface area contributed by atoms with E-state index in [0.717, 1.165) is 18.4 Å². The first-order valence-corrected chi connectivity index (χ1v) is 15.0. The lowest BCUT2D eigenvalue weighted by atomic mass is 9.78. The smallest absolute Gasteiger partial charge is 0.373 e. The number of esters is 1. The van der Waals surface area contributed by atoms with Gasteiger partial charge in [-0.3, -0.25) is 9.59 Å². The molecule has 1 aliphatic carbocycles. The predicted molar refractivity (Wildman–Crippen MR) is 173 cm³/mol. The van der Waals surface area contributed by atoms with Gasteiger partial charge in [0.2, 0.25) is 0 Å². The first-order valence-electron chi connectivity index (χ1n) is 15.0. The topological polar surface area (TPSA) is 77.5 Å². The molecule has 0 aliphatic heterocycles. The molecule has 5 nitrogen and oxygen atoms in total. The van der Waals surface area contributed by atoms with Gasteiger partial charge in [-0.1, -0.05) is 97.9 Å². The second kappa shape index (κ2) is 16.3. The maximum absolute atomic E-state index is 12.0. The summed E-state index contributed by atoms with van der Waals surface area (Å²) in [5, 5.41) is 0. The summed E-state index contributed by atoms with van der Waals surface area (Å²) in [7, 11) is 1.45. The van der Waals surface area contributed by atoms with Crippen molar-refractivity contribution in [1.29, 1.82) is 0 Å². The summed E-state index contributed by atoms with van der Waals surface area (Å²) in [6.45, 7) is 10.5. The average molecular weight is 591 g/mol. The van der Waals surface area contributed by atoms with Crippen molar-refractivity contribution in [3.63, 3.8) is 0 Å². The third-order valence-corrected chi connectivity index (χ3v) is 8.56. The fourth-order valence-electron chi connectivity index (χ4n) is 5.73. The molecule has 0 aromatic heterocycles. The molecule has 0 saturated carbocycles. The Morgan fingerprint density at radius 3 is 2.00 bits per heavy atom. The van der Waals surface area contributed by atoms with Gasteiger partial charge in [0, 0.05) is 23.8 Å².